The highest BCUT2D eigenvalue weighted by atomic mass is 16.5. The second-order valence-electron chi connectivity index (χ2n) is 4.06. The molecule has 5 N–H and O–H groups in total. The largest absolute Gasteiger partial charge is 0.467 e. The summed E-state index contributed by atoms with van der Waals surface area (Å²) >= 11 is 0. The highest BCUT2D eigenvalue weighted by Gasteiger charge is 2.24. The summed E-state index contributed by atoms with van der Waals surface area (Å²) in [5.41, 5.74) is 10.7. The Hall–Kier alpha value is -1.14. The summed E-state index contributed by atoms with van der Waals surface area (Å²) in [5.74, 6) is -0.636. The Morgan fingerprint density at radius 1 is 1.38 bits per heavy atom. The van der Waals surface area contributed by atoms with Crippen molar-refractivity contribution in [2.75, 3.05) is 13.7 Å². The summed E-state index contributed by atoms with van der Waals surface area (Å²) in [5, 5.41) is 2.53. The minimum Gasteiger partial charge on any atom is -0.467 e. The van der Waals surface area contributed by atoms with E-state index < -0.39 is 24.0 Å². The Labute approximate surface area is 95.7 Å². The van der Waals surface area contributed by atoms with Crippen molar-refractivity contribution in [1.82, 2.24) is 5.32 Å². The normalized spacial score (nSPS) is 14.4. The zero-order valence-corrected chi connectivity index (χ0v) is 10.0. The van der Waals surface area contributed by atoms with Crippen molar-refractivity contribution in [2.45, 2.75) is 32.4 Å². The van der Waals surface area contributed by atoms with Crippen molar-refractivity contribution in [3.05, 3.63) is 0 Å². The van der Waals surface area contributed by atoms with E-state index in [2.05, 4.69) is 10.1 Å². The van der Waals surface area contributed by atoms with Crippen LogP contribution in [0.4, 0.5) is 0 Å². The minimum absolute atomic E-state index is 0.0431. The van der Waals surface area contributed by atoms with Crippen LogP contribution in [-0.2, 0) is 14.3 Å². The van der Waals surface area contributed by atoms with E-state index in [1.54, 1.807) is 0 Å². The topological polar surface area (TPSA) is 107 Å². The molecule has 0 fully saturated rings. The lowest BCUT2D eigenvalue weighted by Crippen LogP contribution is -2.51. The van der Waals surface area contributed by atoms with Crippen molar-refractivity contribution >= 4 is 11.9 Å². The number of amides is 1. The molecule has 0 aromatic carbocycles. The van der Waals surface area contributed by atoms with Crippen molar-refractivity contribution < 1.29 is 14.3 Å². The van der Waals surface area contributed by atoms with E-state index in [4.69, 9.17) is 11.5 Å². The van der Waals surface area contributed by atoms with Crippen molar-refractivity contribution in [1.29, 1.82) is 0 Å². The smallest absolute Gasteiger partial charge is 0.328 e. The fraction of sp³-hybridized carbons (Fsp3) is 0.800. The fourth-order valence-corrected chi connectivity index (χ4v) is 1.21. The molecule has 0 radical (unpaired) electrons. The quantitative estimate of drug-likeness (QED) is 0.507. The summed E-state index contributed by atoms with van der Waals surface area (Å²) in [6.07, 6.45) is 0.510. The van der Waals surface area contributed by atoms with Gasteiger partial charge in [0.15, 0.2) is 0 Å². The summed E-state index contributed by atoms with van der Waals surface area (Å²) in [6, 6.07) is -1.45. The molecule has 0 saturated heterocycles. The third-order valence-electron chi connectivity index (χ3n) is 2.10. The molecule has 0 bridgehead atoms. The highest BCUT2D eigenvalue weighted by Crippen LogP contribution is 2.06. The van der Waals surface area contributed by atoms with Crippen molar-refractivity contribution in [2.24, 2.45) is 17.4 Å². The standard InChI is InChI=1S/C10H21N3O3/c1-6(2)4-8(10(15)16-3)13-9(14)7(12)5-11/h6-8H,4-5,11-12H2,1-3H3,(H,13,14)/t7?,8-/m0/s1. The Balaban J connectivity index is 4.42. The van der Waals surface area contributed by atoms with Gasteiger partial charge in [0.1, 0.15) is 6.04 Å². The van der Waals surface area contributed by atoms with Gasteiger partial charge in [0.2, 0.25) is 5.91 Å². The molecule has 0 aliphatic carbocycles. The van der Waals surface area contributed by atoms with Crippen molar-refractivity contribution in [3.63, 3.8) is 0 Å². The number of carbonyl (C=O) groups is 2. The summed E-state index contributed by atoms with van der Waals surface area (Å²) in [4.78, 5) is 22.8. The van der Waals surface area contributed by atoms with Gasteiger partial charge in [0.25, 0.3) is 0 Å². The van der Waals surface area contributed by atoms with E-state index in [1.165, 1.54) is 7.11 Å². The van der Waals surface area contributed by atoms with Gasteiger partial charge < -0.3 is 21.5 Å². The first-order valence-electron chi connectivity index (χ1n) is 5.26. The molecule has 0 rings (SSSR count). The number of hydrogen-bond donors (Lipinski definition) is 3. The first kappa shape index (κ1) is 14.9. The maximum absolute atomic E-state index is 11.5. The number of nitrogens with two attached hydrogens (primary N) is 2. The number of nitrogens with one attached hydrogen (secondary N) is 1. The predicted octanol–water partition coefficient (Wildman–Crippen LogP) is -1.02. The highest BCUT2D eigenvalue weighted by molar-refractivity contribution is 5.87. The van der Waals surface area contributed by atoms with Crippen LogP contribution >= 0.6 is 0 Å². The van der Waals surface area contributed by atoms with Crippen LogP contribution in [0.5, 0.6) is 0 Å². The first-order chi connectivity index (χ1) is 7.42. The number of rotatable bonds is 6. The van der Waals surface area contributed by atoms with Gasteiger partial charge in [-0.25, -0.2) is 4.79 Å². The van der Waals surface area contributed by atoms with E-state index in [-0.39, 0.29) is 12.5 Å². The average molecular weight is 231 g/mol. The number of esters is 1. The van der Waals surface area contributed by atoms with Gasteiger partial charge in [0.05, 0.1) is 13.2 Å². The number of methoxy groups -OCH3 is 1. The molecule has 0 aromatic rings. The molecule has 0 heterocycles. The molecule has 6 heteroatoms. The van der Waals surface area contributed by atoms with Gasteiger partial charge in [-0.15, -0.1) is 0 Å². The molecule has 1 unspecified atom stereocenters. The van der Waals surface area contributed by atoms with Crippen LogP contribution in [-0.4, -0.2) is 37.6 Å². The van der Waals surface area contributed by atoms with Gasteiger partial charge in [-0.2, -0.15) is 0 Å². The van der Waals surface area contributed by atoms with Crippen molar-refractivity contribution in [3.8, 4) is 0 Å². The van der Waals surface area contributed by atoms with E-state index in [9.17, 15) is 9.59 Å². The first-order valence-corrected chi connectivity index (χ1v) is 5.26. The van der Waals surface area contributed by atoms with Crippen LogP contribution in [0.15, 0.2) is 0 Å². The van der Waals surface area contributed by atoms with Crippen LogP contribution < -0.4 is 16.8 Å². The Bertz CT molecular complexity index is 243. The third-order valence-corrected chi connectivity index (χ3v) is 2.10. The summed E-state index contributed by atoms with van der Waals surface area (Å²) in [6.45, 7) is 3.94. The van der Waals surface area contributed by atoms with Gasteiger partial charge in [-0.1, -0.05) is 13.8 Å². The molecule has 16 heavy (non-hydrogen) atoms. The monoisotopic (exact) mass is 231 g/mol. The van der Waals surface area contributed by atoms with Gasteiger partial charge in [-0.05, 0) is 12.3 Å². The third kappa shape index (κ3) is 5.09. The molecule has 6 nitrogen and oxygen atoms in total. The molecule has 0 spiro atoms. The lowest BCUT2D eigenvalue weighted by Gasteiger charge is -2.19. The zero-order chi connectivity index (χ0) is 12.7. The minimum atomic E-state index is -0.792. The number of ether oxygens (including phenoxy) is 1. The molecule has 1 amide bonds. The zero-order valence-electron chi connectivity index (χ0n) is 10.0. The van der Waals surface area contributed by atoms with Crippen LogP contribution in [0.1, 0.15) is 20.3 Å². The molecule has 0 aliphatic heterocycles. The molecule has 0 saturated carbocycles. The summed E-state index contributed by atoms with van der Waals surface area (Å²) in [7, 11) is 1.28. The summed E-state index contributed by atoms with van der Waals surface area (Å²) < 4.78 is 4.60. The fourth-order valence-electron chi connectivity index (χ4n) is 1.21. The van der Waals surface area contributed by atoms with Gasteiger partial charge >= 0.3 is 5.97 Å². The maximum Gasteiger partial charge on any atom is 0.328 e. The maximum atomic E-state index is 11.5. The SMILES string of the molecule is COC(=O)[C@H](CC(C)C)NC(=O)C(N)CN. The van der Waals surface area contributed by atoms with E-state index >= 15 is 0 Å². The van der Waals surface area contributed by atoms with E-state index in [0.29, 0.717) is 6.42 Å². The Morgan fingerprint density at radius 3 is 2.31 bits per heavy atom. The predicted molar refractivity (Wildman–Crippen MR) is 60.4 cm³/mol. The van der Waals surface area contributed by atoms with Crippen LogP contribution in [0, 0.1) is 5.92 Å². The molecule has 0 aliphatic rings. The van der Waals surface area contributed by atoms with E-state index in [0.717, 1.165) is 0 Å². The second kappa shape index (κ2) is 7.19. The van der Waals surface area contributed by atoms with Gasteiger partial charge in [-0.3, -0.25) is 4.79 Å². The molecule has 2 atom stereocenters. The number of hydrogen-bond acceptors (Lipinski definition) is 5. The lowest BCUT2D eigenvalue weighted by atomic mass is 10.0. The number of carbonyl (C=O) groups excluding carboxylic acids is 2. The van der Waals surface area contributed by atoms with Crippen LogP contribution in [0.25, 0.3) is 0 Å². The molecule has 94 valence electrons. The van der Waals surface area contributed by atoms with E-state index in [1.807, 2.05) is 13.8 Å². The van der Waals surface area contributed by atoms with Crippen LogP contribution in [0.3, 0.4) is 0 Å². The Morgan fingerprint density at radius 2 is 1.94 bits per heavy atom. The molecular weight excluding hydrogens is 210 g/mol. The average Bonchev–Trinajstić information content (AvgIpc) is 2.25. The Kier molecular flexibility index (Phi) is 6.67. The van der Waals surface area contributed by atoms with Gasteiger partial charge in [0, 0.05) is 6.54 Å². The molecular formula is C10H21N3O3. The van der Waals surface area contributed by atoms with Crippen LogP contribution in [0.2, 0.25) is 0 Å². The molecule has 0 aromatic heterocycles. The lowest BCUT2D eigenvalue weighted by molar-refractivity contribution is -0.145. The second-order valence-corrected chi connectivity index (χ2v) is 4.06.